The molecule has 98 heavy (non-hydrogen) atoms. The van der Waals surface area contributed by atoms with Crippen LogP contribution in [0.5, 0.6) is 0 Å². The molecular formula is C79H154O17P2. The Hall–Kier alpha value is -1.94. The molecule has 5 atom stereocenters. The number of aliphatic hydroxyl groups is 1. The summed E-state index contributed by atoms with van der Waals surface area (Å²) in [5.41, 5.74) is 0. The number of esters is 4. The summed E-state index contributed by atoms with van der Waals surface area (Å²) in [6.07, 6.45) is 54.2. The second kappa shape index (κ2) is 68.2. The standard InChI is InChI=1S/C79H154O17P2/c1-69(2)55-47-39-31-24-18-13-11-9-10-12-14-22-28-36-45-53-61-78(83)95-74(65-89-76(81)59-51-43-35-27-21-16-15-19-25-32-40-48-56-70(3)4)67-93-97(85,86)91-63-73(80)64-92-98(87,88)94-68-75(66-90-77(82)60-52-44-38-30-34-42-50-58-72(7)8)96-79(84)62-54-46-37-29-23-17-20-26-33-41-49-57-71(5)6/h69-75,80H,9-68H2,1-8H3,(H,85,86)(H,87,88)/t73?,74-,75-/m1/s1. The molecule has 0 fully saturated rings. The van der Waals surface area contributed by atoms with Crippen LogP contribution in [0.2, 0.25) is 0 Å². The first-order valence-electron chi connectivity index (χ1n) is 40.7. The number of phosphoric ester groups is 2. The van der Waals surface area contributed by atoms with Crippen LogP contribution in [0.3, 0.4) is 0 Å². The first-order valence-corrected chi connectivity index (χ1v) is 43.7. The van der Waals surface area contributed by atoms with Crippen molar-refractivity contribution in [3.8, 4) is 0 Å². The Bertz CT molecular complexity index is 1920. The zero-order chi connectivity index (χ0) is 72.4. The van der Waals surface area contributed by atoms with E-state index in [2.05, 4.69) is 55.4 Å². The summed E-state index contributed by atoms with van der Waals surface area (Å²) in [6, 6.07) is 0. The third-order valence-corrected chi connectivity index (χ3v) is 20.2. The van der Waals surface area contributed by atoms with Crippen LogP contribution in [0, 0.1) is 23.7 Å². The average molecular weight is 1440 g/mol. The van der Waals surface area contributed by atoms with Crippen LogP contribution in [0.25, 0.3) is 0 Å². The van der Waals surface area contributed by atoms with E-state index in [0.717, 1.165) is 114 Å². The molecule has 0 aromatic heterocycles. The summed E-state index contributed by atoms with van der Waals surface area (Å²) < 4.78 is 68.6. The Balaban J connectivity index is 5.25. The highest BCUT2D eigenvalue weighted by Crippen LogP contribution is 2.45. The summed E-state index contributed by atoms with van der Waals surface area (Å²) in [4.78, 5) is 72.9. The zero-order valence-corrected chi connectivity index (χ0v) is 66.2. The van der Waals surface area contributed by atoms with Crippen LogP contribution in [0.15, 0.2) is 0 Å². The van der Waals surface area contributed by atoms with Crippen LogP contribution in [-0.2, 0) is 65.4 Å². The van der Waals surface area contributed by atoms with Gasteiger partial charge in [-0.05, 0) is 49.4 Å². The number of hydrogen-bond acceptors (Lipinski definition) is 15. The Morgan fingerprint density at radius 1 is 0.255 bits per heavy atom. The van der Waals surface area contributed by atoms with E-state index >= 15 is 0 Å². The largest absolute Gasteiger partial charge is 0.472 e. The summed E-state index contributed by atoms with van der Waals surface area (Å²) in [5.74, 6) is 0.944. The summed E-state index contributed by atoms with van der Waals surface area (Å²) in [5, 5.41) is 10.6. The number of phosphoric acid groups is 2. The van der Waals surface area contributed by atoms with Gasteiger partial charge in [-0.3, -0.25) is 37.3 Å². The van der Waals surface area contributed by atoms with Gasteiger partial charge in [-0.25, -0.2) is 9.13 Å². The molecular weight excluding hydrogens is 1280 g/mol. The van der Waals surface area contributed by atoms with Gasteiger partial charge in [-0.2, -0.15) is 0 Å². The molecule has 0 aliphatic carbocycles. The Morgan fingerprint density at radius 3 is 0.633 bits per heavy atom. The van der Waals surface area contributed by atoms with Gasteiger partial charge in [-0.15, -0.1) is 0 Å². The van der Waals surface area contributed by atoms with E-state index in [9.17, 15) is 43.2 Å². The molecule has 0 amide bonds. The highest BCUT2D eigenvalue weighted by atomic mass is 31.2. The highest BCUT2D eigenvalue weighted by Gasteiger charge is 2.30. The lowest BCUT2D eigenvalue weighted by Crippen LogP contribution is -2.30. The van der Waals surface area contributed by atoms with Gasteiger partial charge in [-0.1, -0.05) is 351 Å². The van der Waals surface area contributed by atoms with Crippen molar-refractivity contribution in [1.82, 2.24) is 0 Å². The van der Waals surface area contributed by atoms with Crippen LogP contribution in [0.1, 0.15) is 402 Å². The molecule has 0 saturated heterocycles. The van der Waals surface area contributed by atoms with E-state index in [4.69, 9.17) is 37.0 Å². The first kappa shape index (κ1) is 96.1. The maximum atomic E-state index is 13.1. The van der Waals surface area contributed by atoms with Crippen LogP contribution >= 0.6 is 15.6 Å². The van der Waals surface area contributed by atoms with Crippen LogP contribution in [0.4, 0.5) is 0 Å². The maximum absolute atomic E-state index is 13.1. The fraction of sp³-hybridized carbons (Fsp3) is 0.949. The van der Waals surface area contributed by atoms with Crippen LogP contribution < -0.4 is 0 Å². The minimum absolute atomic E-state index is 0.105. The summed E-state index contributed by atoms with van der Waals surface area (Å²) in [6.45, 7) is 14.2. The predicted octanol–water partition coefficient (Wildman–Crippen LogP) is 23.2. The molecule has 3 unspecified atom stereocenters. The second-order valence-electron chi connectivity index (χ2n) is 30.4. The van der Waals surface area contributed by atoms with Crippen molar-refractivity contribution in [2.45, 2.75) is 420 Å². The van der Waals surface area contributed by atoms with Gasteiger partial charge in [0.15, 0.2) is 12.2 Å². The molecule has 0 saturated carbocycles. The van der Waals surface area contributed by atoms with Crippen molar-refractivity contribution in [2.75, 3.05) is 39.6 Å². The van der Waals surface area contributed by atoms with Crippen molar-refractivity contribution in [2.24, 2.45) is 23.7 Å². The van der Waals surface area contributed by atoms with Crippen LogP contribution in [-0.4, -0.2) is 96.7 Å². The number of ether oxygens (including phenoxy) is 4. The maximum Gasteiger partial charge on any atom is 0.472 e. The van der Waals surface area contributed by atoms with E-state index < -0.39 is 97.5 Å². The second-order valence-corrected chi connectivity index (χ2v) is 33.3. The molecule has 0 aliphatic rings. The van der Waals surface area contributed by atoms with E-state index in [1.54, 1.807) is 0 Å². The molecule has 0 heterocycles. The number of rotatable bonds is 76. The van der Waals surface area contributed by atoms with Gasteiger partial charge in [0.2, 0.25) is 0 Å². The van der Waals surface area contributed by atoms with Crippen molar-refractivity contribution in [1.29, 1.82) is 0 Å². The SMILES string of the molecule is CC(C)CCCCCCCCCCCCCCCCCCC(=O)O[C@H](COC(=O)CCCCCCCCCCCCCCC(C)C)COP(=O)(O)OCC(O)COP(=O)(O)OC[C@@H](COC(=O)CCCCCCCCCC(C)C)OC(=O)CCCCCCCCCCCCCC(C)C. The Morgan fingerprint density at radius 2 is 0.429 bits per heavy atom. The molecule has 0 bridgehead atoms. The smallest absolute Gasteiger partial charge is 0.462 e. The van der Waals surface area contributed by atoms with Gasteiger partial charge < -0.3 is 33.8 Å². The molecule has 17 nitrogen and oxygen atoms in total. The summed E-state index contributed by atoms with van der Waals surface area (Å²) >= 11 is 0. The highest BCUT2D eigenvalue weighted by molar-refractivity contribution is 7.47. The van der Waals surface area contributed by atoms with E-state index in [1.165, 1.54) is 199 Å². The molecule has 3 N–H and O–H groups in total. The lowest BCUT2D eigenvalue weighted by molar-refractivity contribution is -0.161. The number of unbranched alkanes of at least 4 members (excludes halogenated alkanes) is 42. The number of carbonyl (C=O) groups excluding carboxylic acids is 4. The van der Waals surface area contributed by atoms with Crippen molar-refractivity contribution >= 4 is 39.5 Å². The molecule has 0 spiro atoms. The molecule has 19 heteroatoms. The molecule has 0 aromatic carbocycles. The third kappa shape index (κ3) is 72.4. The fourth-order valence-electron chi connectivity index (χ4n) is 12.1. The molecule has 0 radical (unpaired) electrons. The van der Waals surface area contributed by atoms with E-state index in [0.29, 0.717) is 31.6 Å². The molecule has 0 aliphatic heterocycles. The first-order chi connectivity index (χ1) is 47.1. The predicted molar refractivity (Wildman–Crippen MR) is 400 cm³/mol. The summed E-state index contributed by atoms with van der Waals surface area (Å²) in [7, 11) is -9.92. The van der Waals surface area contributed by atoms with Gasteiger partial charge in [0, 0.05) is 25.7 Å². The van der Waals surface area contributed by atoms with E-state index in [1.807, 2.05) is 0 Å². The molecule has 582 valence electrons. The number of carbonyl (C=O) groups is 4. The zero-order valence-electron chi connectivity index (χ0n) is 64.4. The Labute approximate surface area is 600 Å². The molecule has 0 aromatic rings. The van der Waals surface area contributed by atoms with Crippen molar-refractivity contribution in [3.05, 3.63) is 0 Å². The van der Waals surface area contributed by atoms with Crippen molar-refractivity contribution in [3.63, 3.8) is 0 Å². The normalized spacial score (nSPS) is 14.1. The molecule has 0 rings (SSSR count). The average Bonchev–Trinajstić information content (AvgIpc) is 1.18. The van der Waals surface area contributed by atoms with Gasteiger partial charge >= 0.3 is 39.5 Å². The number of hydrogen-bond donors (Lipinski definition) is 3. The number of aliphatic hydroxyl groups excluding tert-OH is 1. The minimum Gasteiger partial charge on any atom is -0.462 e. The Kier molecular flexibility index (Phi) is 66.8. The fourth-order valence-corrected chi connectivity index (χ4v) is 13.7. The lowest BCUT2D eigenvalue weighted by atomic mass is 10.0. The lowest BCUT2D eigenvalue weighted by Gasteiger charge is -2.21. The van der Waals surface area contributed by atoms with Crippen molar-refractivity contribution < 1.29 is 80.2 Å². The quantitative estimate of drug-likeness (QED) is 0.0222. The minimum atomic E-state index is -4.96. The monoisotopic (exact) mass is 1440 g/mol. The topological polar surface area (TPSA) is 237 Å². The van der Waals surface area contributed by atoms with Gasteiger partial charge in [0.25, 0.3) is 0 Å². The third-order valence-electron chi connectivity index (χ3n) is 18.3. The van der Waals surface area contributed by atoms with Gasteiger partial charge in [0.05, 0.1) is 26.4 Å². The van der Waals surface area contributed by atoms with Gasteiger partial charge in [0.1, 0.15) is 19.3 Å². The van der Waals surface area contributed by atoms with E-state index in [-0.39, 0.29) is 25.7 Å².